The Hall–Kier alpha value is -5.35. The minimum atomic E-state index is 0.121. The summed E-state index contributed by atoms with van der Waals surface area (Å²) in [6.45, 7) is 2.35. The molecular formula is C52H52N4. The summed E-state index contributed by atoms with van der Waals surface area (Å²) in [6.07, 6.45) is 56.9. The fraction of sp³-hybridized carbons (Fsp3) is 0.327. The van der Waals surface area contributed by atoms with Crippen molar-refractivity contribution in [2.75, 3.05) is 0 Å². The molecule has 0 bridgehead atoms. The van der Waals surface area contributed by atoms with Crippen LogP contribution < -0.4 is 0 Å². The smallest absolute Gasteiger partial charge is 0.163 e. The predicted octanol–water partition coefficient (Wildman–Crippen LogP) is 12.5. The van der Waals surface area contributed by atoms with E-state index in [-0.39, 0.29) is 17.9 Å². The molecule has 280 valence electrons. The quantitative estimate of drug-likeness (QED) is 0.266. The molecule has 0 radical (unpaired) electrons. The molecule has 6 atom stereocenters. The monoisotopic (exact) mass is 732 g/mol. The van der Waals surface area contributed by atoms with Gasteiger partial charge in [-0.25, -0.2) is 15.0 Å². The summed E-state index contributed by atoms with van der Waals surface area (Å²) in [5, 5.41) is 0. The number of nitrogens with zero attached hydrogens (tertiary/aromatic N) is 4. The summed E-state index contributed by atoms with van der Waals surface area (Å²) in [5.41, 5.74) is 12.2. The first-order valence-corrected chi connectivity index (χ1v) is 21.3. The second kappa shape index (κ2) is 15.3. The Kier molecular flexibility index (Phi) is 9.58. The van der Waals surface area contributed by atoms with Crippen LogP contribution >= 0.6 is 0 Å². The van der Waals surface area contributed by atoms with Crippen molar-refractivity contribution in [3.8, 4) is 0 Å². The molecule has 8 aliphatic rings. The number of hydrogen-bond acceptors (Lipinski definition) is 4. The molecule has 2 heterocycles. The van der Waals surface area contributed by atoms with Crippen molar-refractivity contribution >= 4 is 16.7 Å². The SMILES string of the molecule is CC1C=CC(c2cc(C3C=CC(N4C5=C(CCC=C5)C5C=CC=CC54)=C(c4nc(C5=CCCC=C5)nc(C5C=CC=CC5)n4)C3)ccc2C2=CC=CCC2)CC1. The van der Waals surface area contributed by atoms with Crippen molar-refractivity contribution in [1.82, 2.24) is 19.9 Å². The fourth-order valence-electron chi connectivity index (χ4n) is 10.0. The molecule has 7 aliphatic carbocycles. The van der Waals surface area contributed by atoms with Crippen LogP contribution in [-0.4, -0.2) is 25.9 Å². The summed E-state index contributed by atoms with van der Waals surface area (Å²) < 4.78 is 0. The van der Waals surface area contributed by atoms with E-state index in [4.69, 9.17) is 15.0 Å². The largest absolute Gasteiger partial charge is 0.333 e. The van der Waals surface area contributed by atoms with Gasteiger partial charge in [-0.1, -0.05) is 134 Å². The number of rotatable bonds is 7. The topological polar surface area (TPSA) is 41.9 Å². The third kappa shape index (κ3) is 6.67. The Morgan fingerprint density at radius 2 is 1.55 bits per heavy atom. The Balaban J connectivity index is 1.12. The standard InChI is InChI=1S/C52H52N4/c1-35-25-27-37(28-26-35)45-33-40(29-31-42(45)36-15-5-2-6-16-36)41-30-32-49(56-47-23-13-11-21-43(47)44-22-12-14-24-48(44)56)46(34-41)52-54-50(38-17-7-3-8-18-38)53-51(55-52)39-19-9-4-10-20-39/h2-3,5,7-9,11,13-15,17,19-21,23-25,27,29-33,35,37-38,41,43,47H,4,6,10,12,16,18,22,26,28,34H2,1H3. The summed E-state index contributed by atoms with van der Waals surface area (Å²) in [4.78, 5) is 18.7. The van der Waals surface area contributed by atoms with Gasteiger partial charge in [0.15, 0.2) is 11.6 Å². The van der Waals surface area contributed by atoms with Gasteiger partial charge in [-0.05, 0) is 110 Å². The lowest BCUT2D eigenvalue weighted by molar-refractivity contribution is 0.380. The number of fused-ring (bicyclic) bond motifs is 2. The first-order valence-electron chi connectivity index (χ1n) is 21.3. The molecule has 0 fully saturated rings. The molecule has 1 aromatic carbocycles. The summed E-state index contributed by atoms with van der Waals surface area (Å²) >= 11 is 0. The van der Waals surface area contributed by atoms with Crippen molar-refractivity contribution in [2.24, 2.45) is 11.8 Å². The molecule has 1 aromatic heterocycles. The maximum absolute atomic E-state index is 5.44. The number of aromatic nitrogens is 3. The van der Waals surface area contributed by atoms with Gasteiger partial charge in [-0.2, -0.15) is 0 Å². The third-order valence-electron chi connectivity index (χ3n) is 13.1. The average Bonchev–Trinajstić information content (AvgIpc) is 3.61. The van der Waals surface area contributed by atoms with Crippen LogP contribution in [0.1, 0.15) is 123 Å². The van der Waals surface area contributed by atoms with Crippen LogP contribution in [0.25, 0.3) is 16.7 Å². The van der Waals surface area contributed by atoms with Gasteiger partial charge in [0, 0.05) is 46.2 Å². The minimum absolute atomic E-state index is 0.121. The molecule has 0 amide bonds. The highest BCUT2D eigenvalue weighted by atomic mass is 15.2. The molecule has 0 spiro atoms. The van der Waals surface area contributed by atoms with E-state index in [0.717, 1.165) is 74.4 Å². The van der Waals surface area contributed by atoms with Crippen molar-refractivity contribution in [3.63, 3.8) is 0 Å². The average molecular weight is 733 g/mol. The van der Waals surface area contributed by atoms with Gasteiger partial charge < -0.3 is 4.90 Å². The molecule has 4 nitrogen and oxygen atoms in total. The second-order valence-electron chi connectivity index (χ2n) is 16.7. The molecule has 2 aromatic rings. The van der Waals surface area contributed by atoms with E-state index < -0.39 is 0 Å². The minimum Gasteiger partial charge on any atom is -0.333 e. The first-order chi connectivity index (χ1) is 27.7. The number of hydrogen-bond donors (Lipinski definition) is 0. The highest BCUT2D eigenvalue weighted by Gasteiger charge is 2.41. The van der Waals surface area contributed by atoms with E-state index >= 15 is 0 Å². The van der Waals surface area contributed by atoms with E-state index in [1.807, 2.05) is 0 Å². The normalized spacial score (nSPS) is 28.9. The molecule has 1 aliphatic heterocycles. The lowest BCUT2D eigenvalue weighted by Crippen LogP contribution is -2.33. The fourth-order valence-corrected chi connectivity index (χ4v) is 10.0. The summed E-state index contributed by atoms with van der Waals surface area (Å²) in [7, 11) is 0. The number of benzene rings is 1. The maximum Gasteiger partial charge on any atom is 0.163 e. The van der Waals surface area contributed by atoms with Gasteiger partial charge in [-0.15, -0.1) is 0 Å². The van der Waals surface area contributed by atoms with Crippen LogP contribution in [0.3, 0.4) is 0 Å². The van der Waals surface area contributed by atoms with Gasteiger partial charge in [0.2, 0.25) is 0 Å². The Morgan fingerprint density at radius 1 is 0.661 bits per heavy atom. The highest BCUT2D eigenvalue weighted by Crippen LogP contribution is 2.49. The van der Waals surface area contributed by atoms with Gasteiger partial charge in [0.1, 0.15) is 5.82 Å². The van der Waals surface area contributed by atoms with Crippen molar-refractivity contribution in [1.29, 1.82) is 0 Å². The van der Waals surface area contributed by atoms with Gasteiger partial charge in [-0.3, -0.25) is 0 Å². The van der Waals surface area contributed by atoms with Gasteiger partial charge >= 0.3 is 0 Å². The Labute approximate surface area is 333 Å². The van der Waals surface area contributed by atoms with Crippen molar-refractivity contribution in [3.05, 3.63) is 191 Å². The first kappa shape index (κ1) is 35.1. The van der Waals surface area contributed by atoms with E-state index in [0.29, 0.717) is 17.8 Å². The third-order valence-corrected chi connectivity index (χ3v) is 13.1. The van der Waals surface area contributed by atoms with E-state index in [2.05, 4.69) is 152 Å². The van der Waals surface area contributed by atoms with Crippen LogP contribution in [-0.2, 0) is 0 Å². The van der Waals surface area contributed by atoms with Crippen LogP contribution in [0.4, 0.5) is 0 Å². The Morgan fingerprint density at radius 3 is 2.39 bits per heavy atom. The number of allylic oxidation sites excluding steroid dienone is 21. The van der Waals surface area contributed by atoms with Crippen LogP contribution in [0, 0.1) is 11.8 Å². The predicted molar refractivity (Wildman–Crippen MR) is 231 cm³/mol. The van der Waals surface area contributed by atoms with Gasteiger partial charge in [0.25, 0.3) is 0 Å². The van der Waals surface area contributed by atoms with Crippen LogP contribution in [0.5, 0.6) is 0 Å². The van der Waals surface area contributed by atoms with Crippen LogP contribution in [0.15, 0.2) is 157 Å². The summed E-state index contributed by atoms with van der Waals surface area (Å²) in [5.74, 6) is 4.25. The lowest BCUT2D eigenvalue weighted by atomic mass is 9.78. The summed E-state index contributed by atoms with van der Waals surface area (Å²) in [6, 6.07) is 7.64. The molecule has 0 saturated heterocycles. The van der Waals surface area contributed by atoms with E-state index in [9.17, 15) is 0 Å². The zero-order valence-corrected chi connectivity index (χ0v) is 32.6. The molecule has 4 heteroatoms. The lowest BCUT2D eigenvalue weighted by Gasteiger charge is -2.35. The molecule has 0 saturated carbocycles. The van der Waals surface area contributed by atoms with Crippen molar-refractivity contribution < 1.29 is 0 Å². The van der Waals surface area contributed by atoms with E-state index in [1.54, 1.807) is 5.57 Å². The van der Waals surface area contributed by atoms with Gasteiger partial charge in [0.05, 0.1) is 6.04 Å². The molecule has 56 heavy (non-hydrogen) atoms. The Bertz CT molecular complexity index is 2330. The van der Waals surface area contributed by atoms with Crippen LogP contribution in [0.2, 0.25) is 0 Å². The zero-order chi connectivity index (χ0) is 37.4. The second-order valence-corrected chi connectivity index (χ2v) is 16.7. The molecule has 10 rings (SSSR count). The molecule has 0 N–H and O–H groups in total. The highest BCUT2D eigenvalue weighted by molar-refractivity contribution is 5.75. The van der Waals surface area contributed by atoms with Crippen molar-refractivity contribution in [2.45, 2.75) is 94.9 Å². The molecular weight excluding hydrogens is 681 g/mol. The maximum atomic E-state index is 5.44. The van der Waals surface area contributed by atoms with E-state index in [1.165, 1.54) is 52.1 Å². The molecule has 6 unspecified atom stereocenters. The zero-order valence-electron chi connectivity index (χ0n) is 32.6.